The van der Waals surface area contributed by atoms with E-state index in [1.807, 2.05) is 0 Å². The van der Waals surface area contributed by atoms with E-state index in [2.05, 4.69) is 0 Å². The Morgan fingerprint density at radius 3 is 1.24 bits per heavy atom. The quantitative estimate of drug-likeness (QED) is 0.602. The number of rotatable bonds is 2. The monoisotopic (exact) mass is 264 g/mol. The van der Waals surface area contributed by atoms with E-state index < -0.39 is 35.5 Å². The van der Waals surface area contributed by atoms with Crippen molar-refractivity contribution in [3.8, 4) is 0 Å². The fourth-order valence-electron chi connectivity index (χ4n) is 1.31. The van der Waals surface area contributed by atoms with Gasteiger partial charge in [-0.05, 0) is 24.7 Å². The lowest BCUT2D eigenvalue weighted by Gasteiger charge is -2.39. The molecule has 6 heteroatoms. The molecule has 0 aromatic heterocycles. The third-order valence-corrected chi connectivity index (χ3v) is 3.44. The highest BCUT2D eigenvalue weighted by Gasteiger charge is 2.67. The van der Waals surface area contributed by atoms with Gasteiger partial charge in [0.05, 0.1) is 0 Å². The fourth-order valence-corrected chi connectivity index (χ4v) is 1.31. The molecule has 1 unspecified atom stereocenters. The molecular weight excluding hydrogens is 246 g/mol. The molecule has 0 aliphatic heterocycles. The van der Waals surface area contributed by atoms with Crippen LogP contribution in [-0.4, -0.2) is 12.4 Å². The second-order valence-electron chi connectivity index (χ2n) is 5.80. The molecule has 0 aliphatic rings. The van der Waals surface area contributed by atoms with Gasteiger partial charge in [-0.15, -0.1) is 0 Å². The average molecular weight is 264 g/mol. The van der Waals surface area contributed by atoms with Gasteiger partial charge in [-0.3, -0.25) is 0 Å². The van der Waals surface area contributed by atoms with Crippen LogP contribution >= 0.6 is 0 Å². The minimum absolute atomic E-state index is 0.231. The first-order valence-corrected chi connectivity index (χ1v) is 5.26. The van der Waals surface area contributed by atoms with Crippen LogP contribution in [0, 0.1) is 16.7 Å². The van der Waals surface area contributed by atoms with Crippen molar-refractivity contribution in [3.63, 3.8) is 0 Å². The third-order valence-electron chi connectivity index (χ3n) is 3.44. The zero-order valence-corrected chi connectivity index (χ0v) is 10.6. The van der Waals surface area contributed by atoms with Crippen molar-refractivity contribution in [2.24, 2.45) is 16.7 Å². The second kappa shape index (κ2) is 4.35. The number of halogens is 6. The first kappa shape index (κ1) is 16.6. The largest absolute Gasteiger partial charge is 0.402 e. The molecule has 0 aromatic rings. The zero-order valence-electron chi connectivity index (χ0n) is 10.6. The van der Waals surface area contributed by atoms with Crippen molar-refractivity contribution >= 4 is 0 Å². The van der Waals surface area contributed by atoms with E-state index in [9.17, 15) is 26.3 Å². The highest BCUT2D eigenvalue weighted by atomic mass is 19.4. The summed E-state index contributed by atoms with van der Waals surface area (Å²) in [6.45, 7) is 6.53. The van der Waals surface area contributed by atoms with Gasteiger partial charge in [-0.1, -0.05) is 27.7 Å². The Morgan fingerprint density at radius 2 is 1.06 bits per heavy atom. The van der Waals surface area contributed by atoms with Gasteiger partial charge in [-0.2, -0.15) is 26.3 Å². The molecule has 0 spiro atoms. The summed E-state index contributed by atoms with van der Waals surface area (Å²) in [5, 5.41) is 0. The minimum Gasteiger partial charge on any atom is -0.170 e. The van der Waals surface area contributed by atoms with Crippen molar-refractivity contribution in [1.29, 1.82) is 0 Å². The Kier molecular flexibility index (Phi) is 4.25. The van der Waals surface area contributed by atoms with E-state index in [-0.39, 0.29) is 6.92 Å². The van der Waals surface area contributed by atoms with Gasteiger partial charge in [0.1, 0.15) is 0 Å². The Morgan fingerprint density at radius 1 is 0.765 bits per heavy atom. The molecule has 0 N–H and O–H groups in total. The van der Waals surface area contributed by atoms with Crippen LogP contribution in [0.25, 0.3) is 0 Å². The van der Waals surface area contributed by atoms with Crippen LogP contribution in [0.1, 0.15) is 41.0 Å². The SMILES string of the molecule is CC(CC(C)(C(F)(F)F)C(F)(F)F)C(C)(C)C. The normalized spacial score (nSPS) is 17.1. The molecule has 0 radical (unpaired) electrons. The molecular formula is C11H18F6. The minimum atomic E-state index is -5.29. The lowest BCUT2D eigenvalue weighted by Crippen LogP contribution is -2.49. The van der Waals surface area contributed by atoms with Crippen LogP contribution in [0.15, 0.2) is 0 Å². The molecule has 0 amide bonds. The second-order valence-corrected chi connectivity index (χ2v) is 5.80. The van der Waals surface area contributed by atoms with E-state index >= 15 is 0 Å². The Labute approximate surface area is 97.4 Å². The Balaban J connectivity index is 5.27. The third kappa shape index (κ3) is 3.52. The van der Waals surface area contributed by atoms with Crippen molar-refractivity contribution < 1.29 is 26.3 Å². The van der Waals surface area contributed by atoms with Crippen LogP contribution in [0.2, 0.25) is 0 Å². The maximum atomic E-state index is 12.6. The average Bonchev–Trinajstić information content (AvgIpc) is 1.97. The van der Waals surface area contributed by atoms with Gasteiger partial charge < -0.3 is 0 Å². The Bertz CT molecular complexity index is 241. The molecule has 104 valence electrons. The highest BCUT2D eigenvalue weighted by Crippen LogP contribution is 2.55. The molecule has 0 rings (SSSR count). The van der Waals surface area contributed by atoms with E-state index in [4.69, 9.17) is 0 Å². The highest BCUT2D eigenvalue weighted by molar-refractivity contribution is 4.92. The summed E-state index contributed by atoms with van der Waals surface area (Å²) in [6, 6.07) is 0. The number of hydrogen-bond acceptors (Lipinski definition) is 0. The molecule has 0 aromatic carbocycles. The lowest BCUT2D eigenvalue weighted by atomic mass is 9.71. The molecule has 0 nitrogen and oxygen atoms in total. The predicted octanol–water partition coefficient (Wildman–Crippen LogP) is 5.19. The van der Waals surface area contributed by atoms with Crippen LogP contribution in [-0.2, 0) is 0 Å². The molecule has 0 fully saturated rings. The summed E-state index contributed by atoms with van der Waals surface area (Å²) in [5.41, 5.74) is -4.25. The molecule has 0 aliphatic carbocycles. The van der Waals surface area contributed by atoms with Gasteiger partial charge in [0.15, 0.2) is 5.41 Å². The zero-order chi connectivity index (χ0) is 14.3. The number of alkyl halides is 6. The van der Waals surface area contributed by atoms with Crippen molar-refractivity contribution in [3.05, 3.63) is 0 Å². The summed E-state index contributed by atoms with van der Waals surface area (Å²) >= 11 is 0. The van der Waals surface area contributed by atoms with E-state index in [1.165, 1.54) is 6.92 Å². The first-order chi connectivity index (χ1) is 7.13. The standard InChI is InChI=1S/C11H18F6/c1-7(8(2,3)4)6-9(5,10(12,13)14)11(15,16)17/h7H,6H2,1-5H3. The van der Waals surface area contributed by atoms with Crippen LogP contribution in [0.4, 0.5) is 26.3 Å². The van der Waals surface area contributed by atoms with Crippen LogP contribution < -0.4 is 0 Å². The maximum absolute atomic E-state index is 12.6. The van der Waals surface area contributed by atoms with Gasteiger partial charge in [0.25, 0.3) is 0 Å². The van der Waals surface area contributed by atoms with Gasteiger partial charge in [0.2, 0.25) is 0 Å². The molecule has 17 heavy (non-hydrogen) atoms. The van der Waals surface area contributed by atoms with E-state index in [1.54, 1.807) is 20.8 Å². The molecule has 0 saturated carbocycles. The number of hydrogen-bond donors (Lipinski definition) is 0. The van der Waals surface area contributed by atoms with Crippen LogP contribution in [0.5, 0.6) is 0 Å². The Hall–Kier alpha value is -0.420. The molecule has 1 atom stereocenters. The fraction of sp³-hybridized carbons (Fsp3) is 1.00. The lowest BCUT2D eigenvalue weighted by molar-refractivity contribution is -0.340. The topological polar surface area (TPSA) is 0 Å². The van der Waals surface area contributed by atoms with Crippen molar-refractivity contribution in [1.82, 2.24) is 0 Å². The molecule has 0 bridgehead atoms. The molecule has 0 saturated heterocycles. The van der Waals surface area contributed by atoms with E-state index in [0.717, 1.165) is 0 Å². The van der Waals surface area contributed by atoms with Crippen molar-refractivity contribution in [2.45, 2.75) is 53.4 Å². The van der Waals surface area contributed by atoms with E-state index in [0.29, 0.717) is 0 Å². The van der Waals surface area contributed by atoms with Gasteiger partial charge in [-0.25, -0.2) is 0 Å². The predicted molar refractivity (Wildman–Crippen MR) is 53.5 cm³/mol. The first-order valence-electron chi connectivity index (χ1n) is 5.26. The summed E-state index contributed by atoms with van der Waals surface area (Å²) in [7, 11) is 0. The van der Waals surface area contributed by atoms with Gasteiger partial charge >= 0.3 is 12.4 Å². The molecule has 0 heterocycles. The summed E-state index contributed by atoms with van der Waals surface area (Å²) in [6.07, 6.45) is -11.5. The van der Waals surface area contributed by atoms with Crippen LogP contribution in [0.3, 0.4) is 0 Å². The summed E-state index contributed by atoms with van der Waals surface area (Å²) < 4.78 is 75.8. The van der Waals surface area contributed by atoms with Gasteiger partial charge in [0, 0.05) is 0 Å². The maximum Gasteiger partial charge on any atom is 0.402 e. The van der Waals surface area contributed by atoms with Crippen molar-refractivity contribution in [2.75, 3.05) is 0 Å². The summed E-state index contributed by atoms with van der Waals surface area (Å²) in [4.78, 5) is 0. The smallest absolute Gasteiger partial charge is 0.170 e. The summed E-state index contributed by atoms with van der Waals surface area (Å²) in [5.74, 6) is -0.698.